The predicted molar refractivity (Wildman–Crippen MR) is 109 cm³/mol. The van der Waals surface area contributed by atoms with E-state index in [1.807, 2.05) is 23.6 Å². The molecule has 0 aliphatic heterocycles. The van der Waals surface area contributed by atoms with Gasteiger partial charge >= 0.3 is 0 Å². The quantitative estimate of drug-likeness (QED) is 0.661. The molecule has 0 atom stereocenters. The Morgan fingerprint density at radius 2 is 2.07 bits per heavy atom. The number of thiazole rings is 1. The predicted octanol–water partition coefficient (Wildman–Crippen LogP) is 5.38. The summed E-state index contributed by atoms with van der Waals surface area (Å²) < 4.78 is 2.36. The fourth-order valence-electron chi connectivity index (χ4n) is 4.05. The third-order valence-electron chi connectivity index (χ3n) is 5.35. The van der Waals surface area contributed by atoms with Crippen LogP contribution in [0.1, 0.15) is 59.9 Å². The van der Waals surface area contributed by atoms with Crippen molar-refractivity contribution in [3.05, 3.63) is 52.9 Å². The standard InChI is InChI=1S/C21H24N4OS/c1-14-11-18(15(2)25(14)17-8-4-3-5-9-17)20(26)24-21-23-19(13-27-21)16-7-6-10-22-12-16/h6-7,10-13,17H,3-5,8-9H2,1-2H3,(H,23,24,26). The smallest absolute Gasteiger partial charge is 0.259 e. The lowest BCUT2D eigenvalue weighted by Gasteiger charge is -2.26. The Kier molecular flexibility index (Phi) is 5.07. The molecule has 1 aliphatic carbocycles. The van der Waals surface area contributed by atoms with Gasteiger partial charge in [0, 0.05) is 40.8 Å². The number of aryl methyl sites for hydroxylation is 1. The number of aromatic nitrogens is 3. The molecule has 0 spiro atoms. The first kappa shape index (κ1) is 17.9. The number of anilines is 1. The van der Waals surface area contributed by atoms with Crippen molar-refractivity contribution in [1.82, 2.24) is 14.5 Å². The summed E-state index contributed by atoms with van der Waals surface area (Å²) in [7, 11) is 0. The first-order valence-electron chi connectivity index (χ1n) is 9.49. The molecular formula is C21H24N4OS. The summed E-state index contributed by atoms with van der Waals surface area (Å²) in [6.45, 7) is 4.15. The van der Waals surface area contributed by atoms with Crippen LogP contribution in [0.2, 0.25) is 0 Å². The molecule has 0 saturated heterocycles. The lowest BCUT2D eigenvalue weighted by molar-refractivity contribution is 0.102. The van der Waals surface area contributed by atoms with Crippen molar-refractivity contribution in [2.45, 2.75) is 52.0 Å². The van der Waals surface area contributed by atoms with Crippen molar-refractivity contribution in [3.8, 4) is 11.3 Å². The van der Waals surface area contributed by atoms with Crippen molar-refractivity contribution >= 4 is 22.4 Å². The van der Waals surface area contributed by atoms with Crippen LogP contribution in [-0.4, -0.2) is 20.4 Å². The topological polar surface area (TPSA) is 59.8 Å². The maximum absolute atomic E-state index is 12.9. The third kappa shape index (κ3) is 3.67. The zero-order chi connectivity index (χ0) is 18.8. The summed E-state index contributed by atoms with van der Waals surface area (Å²) in [5.41, 5.74) is 4.75. The van der Waals surface area contributed by atoms with Gasteiger partial charge in [-0.15, -0.1) is 11.3 Å². The lowest BCUT2D eigenvalue weighted by Crippen LogP contribution is -2.17. The van der Waals surface area contributed by atoms with Crippen molar-refractivity contribution in [2.24, 2.45) is 0 Å². The molecule has 27 heavy (non-hydrogen) atoms. The van der Waals surface area contributed by atoms with E-state index in [0.717, 1.165) is 22.5 Å². The van der Waals surface area contributed by atoms with Gasteiger partial charge in [-0.25, -0.2) is 4.98 Å². The van der Waals surface area contributed by atoms with Crippen LogP contribution in [0.15, 0.2) is 36.0 Å². The van der Waals surface area contributed by atoms with E-state index < -0.39 is 0 Å². The Bertz CT molecular complexity index is 939. The van der Waals surface area contributed by atoms with Gasteiger partial charge in [0.15, 0.2) is 5.13 Å². The number of carbonyl (C=O) groups excluding carboxylic acids is 1. The van der Waals surface area contributed by atoms with Gasteiger partial charge in [0.05, 0.1) is 11.3 Å². The minimum Gasteiger partial charge on any atom is -0.345 e. The molecular weight excluding hydrogens is 356 g/mol. The summed E-state index contributed by atoms with van der Waals surface area (Å²) >= 11 is 1.43. The van der Waals surface area contributed by atoms with E-state index in [9.17, 15) is 4.79 Å². The fraction of sp³-hybridized carbons (Fsp3) is 0.381. The van der Waals surface area contributed by atoms with E-state index in [2.05, 4.69) is 33.7 Å². The van der Waals surface area contributed by atoms with Crippen molar-refractivity contribution in [1.29, 1.82) is 0 Å². The first-order valence-corrected chi connectivity index (χ1v) is 10.4. The largest absolute Gasteiger partial charge is 0.345 e. The molecule has 3 heterocycles. The number of carbonyl (C=O) groups is 1. The molecule has 1 N–H and O–H groups in total. The summed E-state index contributed by atoms with van der Waals surface area (Å²) in [5, 5.41) is 5.52. The van der Waals surface area contributed by atoms with E-state index in [1.54, 1.807) is 12.4 Å². The molecule has 1 fully saturated rings. The van der Waals surface area contributed by atoms with Gasteiger partial charge in [-0.1, -0.05) is 19.3 Å². The molecule has 3 aromatic rings. The van der Waals surface area contributed by atoms with Gasteiger partial charge in [0.25, 0.3) is 5.91 Å². The Hall–Kier alpha value is -2.47. The first-order chi connectivity index (χ1) is 13.1. The minimum absolute atomic E-state index is 0.0859. The van der Waals surface area contributed by atoms with Crippen LogP contribution in [0.25, 0.3) is 11.3 Å². The zero-order valence-electron chi connectivity index (χ0n) is 15.7. The molecule has 0 aromatic carbocycles. The molecule has 5 nitrogen and oxygen atoms in total. The summed E-state index contributed by atoms with van der Waals surface area (Å²) in [4.78, 5) is 21.5. The minimum atomic E-state index is -0.0859. The molecule has 1 aliphatic rings. The molecule has 0 unspecified atom stereocenters. The fourth-order valence-corrected chi connectivity index (χ4v) is 4.77. The molecule has 0 bridgehead atoms. The summed E-state index contributed by atoms with van der Waals surface area (Å²) in [6.07, 6.45) is 9.81. The number of amides is 1. The van der Waals surface area contributed by atoms with Crippen LogP contribution in [-0.2, 0) is 0 Å². The highest BCUT2D eigenvalue weighted by molar-refractivity contribution is 7.14. The Balaban J connectivity index is 1.53. The number of nitrogens with zero attached hydrogens (tertiary/aromatic N) is 3. The molecule has 4 rings (SSSR count). The van der Waals surface area contributed by atoms with Crippen molar-refractivity contribution < 1.29 is 4.79 Å². The highest BCUT2D eigenvalue weighted by Gasteiger charge is 2.23. The van der Waals surface area contributed by atoms with E-state index in [4.69, 9.17) is 0 Å². The average Bonchev–Trinajstić information content (AvgIpc) is 3.27. The number of pyridine rings is 1. The van der Waals surface area contributed by atoms with Crippen molar-refractivity contribution in [2.75, 3.05) is 5.32 Å². The van der Waals surface area contributed by atoms with Crippen LogP contribution in [0.5, 0.6) is 0 Å². The average molecular weight is 381 g/mol. The van der Waals surface area contributed by atoms with Gasteiger partial charge in [-0.05, 0) is 44.9 Å². The van der Waals surface area contributed by atoms with Crippen molar-refractivity contribution in [3.63, 3.8) is 0 Å². The Morgan fingerprint density at radius 1 is 1.26 bits per heavy atom. The number of nitrogens with one attached hydrogen (secondary N) is 1. The van der Waals surface area contributed by atoms with Crippen LogP contribution < -0.4 is 5.32 Å². The van der Waals surface area contributed by atoms with E-state index in [1.165, 1.54) is 49.1 Å². The molecule has 0 radical (unpaired) electrons. The molecule has 1 amide bonds. The maximum atomic E-state index is 12.9. The lowest BCUT2D eigenvalue weighted by atomic mass is 9.95. The van der Waals surface area contributed by atoms with Crippen LogP contribution >= 0.6 is 11.3 Å². The van der Waals surface area contributed by atoms with E-state index in [-0.39, 0.29) is 5.91 Å². The van der Waals surface area contributed by atoms with Gasteiger partial charge < -0.3 is 4.57 Å². The molecule has 3 aromatic heterocycles. The summed E-state index contributed by atoms with van der Waals surface area (Å²) in [5.74, 6) is -0.0859. The van der Waals surface area contributed by atoms with Gasteiger partial charge in [-0.3, -0.25) is 15.1 Å². The zero-order valence-corrected chi connectivity index (χ0v) is 16.6. The van der Waals surface area contributed by atoms with E-state index in [0.29, 0.717) is 11.2 Å². The second kappa shape index (κ2) is 7.64. The molecule has 6 heteroatoms. The number of hydrogen-bond acceptors (Lipinski definition) is 4. The van der Waals surface area contributed by atoms with Crippen LogP contribution in [0.4, 0.5) is 5.13 Å². The van der Waals surface area contributed by atoms with Crippen LogP contribution in [0.3, 0.4) is 0 Å². The number of rotatable bonds is 4. The van der Waals surface area contributed by atoms with Gasteiger partial charge in [0.2, 0.25) is 0 Å². The highest BCUT2D eigenvalue weighted by atomic mass is 32.1. The van der Waals surface area contributed by atoms with Gasteiger partial charge in [0.1, 0.15) is 0 Å². The Morgan fingerprint density at radius 3 is 2.81 bits per heavy atom. The number of hydrogen-bond donors (Lipinski definition) is 1. The highest BCUT2D eigenvalue weighted by Crippen LogP contribution is 2.32. The van der Waals surface area contributed by atoms with E-state index >= 15 is 0 Å². The molecule has 140 valence electrons. The second-order valence-electron chi connectivity index (χ2n) is 7.18. The molecule has 1 saturated carbocycles. The maximum Gasteiger partial charge on any atom is 0.259 e. The second-order valence-corrected chi connectivity index (χ2v) is 8.04. The van der Waals surface area contributed by atoms with Gasteiger partial charge in [-0.2, -0.15) is 0 Å². The third-order valence-corrected chi connectivity index (χ3v) is 6.11. The normalized spacial score (nSPS) is 15.0. The SMILES string of the molecule is Cc1cc(C(=O)Nc2nc(-c3cccnc3)cs2)c(C)n1C1CCCCC1. The summed E-state index contributed by atoms with van der Waals surface area (Å²) in [6, 6.07) is 6.38. The monoisotopic (exact) mass is 380 g/mol. The van der Waals surface area contributed by atoms with Crippen LogP contribution in [0, 0.1) is 13.8 Å². The Labute approximate surface area is 163 Å².